The van der Waals surface area contributed by atoms with E-state index in [1.54, 1.807) is 43.5 Å². The summed E-state index contributed by atoms with van der Waals surface area (Å²) in [6.45, 7) is 0. The minimum Gasteiger partial charge on any atom is -0.495 e. The summed E-state index contributed by atoms with van der Waals surface area (Å²) in [5, 5.41) is 10.5. The Morgan fingerprint density at radius 2 is 2.00 bits per heavy atom. The van der Waals surface area contributed by atoms with E-state index in [0.717, 1.165) is 10.9 Å². The third kappa shape index (κ3) is 2.86. The van der Waals surface area contributed by atoms with Crippen molar-refractivity contribution in [2.45, 2.75) is 0 Å². The predicted octanol–water partition coefficient (Wildman–Crippen LogP) is 5.12. The van der Waals surface area contributed by atoms with E-state index >= 15 is 0 Å². The van der Waals surface area contributed by atoms with Gasteiger partial charge in [-0.05, 0) is 36.4 Å². The molecule has 2 heterocycles. The predicted molar refractivity (Wildman–Crippen MR) is 102 cm³/mol. The van der Waals surface area contributed by atoms with Crippen molar-refractivity contribution in [3.05, 3.63) is 77.1 Å². The van der Waals surface area contributed by atoms with Crippen LogP contribution in [0.3, 0.4) is 0 Å². The van der Waals surface area contributed by atoms with Gasteiger partial charge in [0.1, 0.15) is 17.6 Å². The maximum absolute atomic E-state index is 12.9. The molecule has 0 fully saturated rings. The molecule has 0 bridgehead atoms. The Balaban J connectivity index is 1.73. The van der Waals surface area contributed by atoms with Crippen LogP contribution in [0.1, 0.15) is 16.1 Å². The first-order valence-electron chi connectivity index (χ1n) is 8.11. The molecule has 0 spiro atoms. The molecule has 5 nitrogen and oxygen atoms in total. The van der Waals surface area contributed by atoms with Crippen LogP contribution in [0.25, 0.3) is 22.2 Å². The number of rotatable bonds is 3. The number of fused-ring (bicyclic) bond motifs is 1. The fraction of sp³-hybridized carbons (Fsp3) is 0.0476. The minimum absolute atomic E-state index is 0.169. The topological polar surface area (TPSA) is 68.2 Å². The Hall–Kier alpha value is -3.49. The average Bonchev–Trinajstić information content (AvgIpc) is 3.32. The first-order chi connectivity index (χ1) is 13.1. The van der Waals surface area contributed by atoms with E-state index in [-0.39, 0.29) is 11.7 Å². The van der Waals surface area contributed by atoms with Crippen LogP contribution in [-0.2, 0) is 0 Å². The standard InChI is InChI=1S/C21H13ClN2O3/c1-26-19-7-6-13(10-16(19)22)18-8-9-20(27-18)21(25)24-12-14(11-23)15-4-2-3-5-17(15)24/h2-10,12H,1H3. The Morgan fingerprint density at radius 3 is 2.74 bits per heavy atom. The smallest absolute Gasteiger partial charge is 0.298 e. The molecular weight excluding hydrogens is 364 g/mol. The van der Waals surface area contributed by atoms with E-state index in [9.17, 15) is 10.1 Å². The number of halogens is 1. The van der Waals surface area contributed by atoms with E-state index in [2.05, 4.69) is 6.07 Å². The van der Waals surface area contributed by atoms with Crippen molar-refractivity contribution >= 4 is 28.4 Å². The highest BCUT2D eigenvalue weighted by Gasteiger charge is 2.18. The van der Waals surface area contributed by atoms with Crippen LogP contribution in [0.15, 0.2) is 65.2 Å². The maximum atomic E-state index is 12.9. The number of nitrogens with zero attached hydrogens (tertiary/aromatic N) is 2. The quantitative estimate of drug-likeness (QED) is 0.497. The fourth-order valence-corrected chi connectivity index (χ4v) is 3.24. The number of para-hydroxylation sites is 1. The van der Waals surface area contributed by atoms with Crippen LogP contribution in [0.5, 0.6) is 5.75 Å². The summed E-state index contributed by atoms with van der Waals surface area (Å²) in [4.78, 5) is 12.9. The van der Waals surface area contributed by atoms with Gasteiger partial charge in [0.15, 0.2) is 5.76 Å². The third-order valence-electron chi connectivity index (χ3n) is 4.30. The lowest BCUT2D eigenvalue weighted by atomic mass is 10.2. The fourth-order valence-electron chi connectivity index (χ4n) is 2.98. The van der Waals surface area contributed by atoms with E-state index in [4.69, 9.17) is 20.8 Å². The molecule has 4 aromatic rings. The van der Waals surface area contributed by atoms with E-state index in [1.165, 1.54) is 10.8 Å². The Bertz CT molecular complexity index is 1210. The van der Waals surface area contributed by atoms with Gasteiger partial charge >= 0.3 is 0 Å². The number of furan rings is 1. The van der Waals surface area contributed by atoms with Crippen LogP contribution in [0, 0.1) is 11.3 Å². The summed E-state index contributed by atoms with van der Waals surface area (Å²) in [6, 6.07) is 17.9. The molecule has 0 saturated heterocycles. The van der Waals surface area contributed by atoms with E-state index in [0.29, 0.717) is 27.6 Å². The molecule has 0 aliphatic heterocycles. The molecule has 2 aromatic carbocycles. The van der Waals surface area contributed by atoms with Gasteiger partial charge in [-0.3, -0.25) is 9.36 Å². The van der Waals surface area contributed by atoms with Crippen LogP contribution >= 0.6 is 11.6 Å². The van der Waals surface area contributed by atoms with Gasteiger partial charge in [-0.2, -0.15) is 5.26 Å². The molecule has 4 rings (SSSR count). The number of carbonyl (C=O) groups is 1. The number of hydrogen-bond acceptors (Lipinski definition) is 4. The van der Waals surface area contributed by atoms with Crippen molar-refractivity contribution in [2.75, 3.05) is 7.11 Å². The van der Waals surface area contributed by atoms with Crippen molar-refractivity contribution in [2.24, 2.45) is 0 Å². The molecule has 6 heteroatoms. The molecule has 0 aliphatic carbocycles. The Kier molecular flexibility index (Phi) is 4.19. The van der Waals surface area contributed by atoms with E-state index < -0.39 is 0 Å². The summed E-state index contributed by atoms with van der Waals surface area (Å²) in [6.07, 6.45) is 1.53. The zero-order valence-corrected chi connectivity index (χ0v) is 15.0. The second-order valence-electron chi connectivity index (χ2n) is 5.86. The normalized spacial score (nSPS) is 10.7. The molecule has 0 amide bonds. The Labute approximate surface area is 160 Å². The third-order valence-corrected chi connectivity index (χ3v) is 4.60. The lowest BCUT2D eigenvalue weighted by Gasteiger charge is -2.04. The minimum atomic E-state index is -0.349. The largest absolute Gasteiger partial charge is 0.495 e. The number of hydrogen-bond donors (Lipinski definition) is 0. The van der Waals surface area contributed by atoms with Crippen molar-refractivity contribution < 1.29 is 13.9 Å². The van der Waals surface area contributed by atoms with Crippen molar-refractivity contribution in [1.82, 2.24) is 4.57 Å². The molecule has 0 unspecified atom stereocenters. The van der Waals surface area contributed by atoms with Crippen molar-refractivity contribution in [3.63, 3.8) is 0 Å². The highest BCUT2D eigenvalue weighted by Crippen LogP contribution is 2.31. The van der Waals surface area contributed by atoms with Crippen LogP contribution < -0.4 is 4.74 Å². The van der Waals surface area contributed by atoms with Gasteiger partial charge in [-0.25, -0.2) is 0 Å². The highest BCUT2D eigenvalue weighted by atomic mass is 35.5. The van der Waals surface area contributed by atoms with Gasteiger partial charge in [0.05, 0.1) is 23.2 Å². The van der Waals surface area contributed by atoms with Crippen LogP contribution in [0.4, 0.5) is 0 Å². The number of nitriles is 1. The monoisotopic (exact) mass is 376 g/mol. The zero-order chi connectivity index (χ0) is 19.0. The molecule has 0 saturated carbocycles. The Morgan fingerprint density at radius 1 is 1.19 bits per heavy atom. The maximum Gasteiger partial charge on any atom is 0.298 e. The van der Waals surface area contributed by atoms with Gasteiger partial charge in [0.2, 0.25) is 0 Å². The zero-order valence-electron chi connectivity index (χ0n) is 14.3. The van der Waals surface area contributed by atoms with Gasteiger partial charge in [0, 0.05) is 17.1 Å². The molecule has 0 aliphatic rings. The molecule has 0 N–H and O–H groups in total. The van der Waals surface area contributed by atoms with Gasteiger partial charge in [0.25, 0.3) is 5.91 Å². The summed E-state index contributed by atoms with van der Waals surface area (Å²) in [5.41, 5.74) is 1.83. The second-order valence-corrected chi connectivity index (χ2v) is 6.27. The molecule has 2 aromatic heterocycles. The number of benzene rings is 2. The number of methoxy groups -OCH3 is 1. The number of aromatic nitrogens is 1. The first-order valence-corrected chi connectivity index (χ1v) is 8.49. The van der Waals surface area contributed by atoms with Crippen LogP contribution in [-0.4, -0.2) is 17.6 Å². The van der Waals surface area contributed by atoms with Crippen molar-refractivity contribution in [3.8, 4) is 23.1 Å². The molecule has 132 valence electrons. The van der Waals surface area contributed by atoms with E-state index in [1.807, 2.05) is 18.2 Å². The van der Waals surface area contributed by atoms with Crippen molar-refractivity contribution in [1.29, 1.82) is 5.26 Å². The number of ether oxygens (including phenoxy) is 1. The van der Waals surface area contributed by atoms with Gasteiger partial charge in [-0.1, -0.05) is 29.8 Å². The molecule has 0 radical (unpaired) electrons. The second kappa shape index (κ2) is 6.67. The van der Waals surface area contributed by atoms with Gasteiger partial charge < -0.3 is 9.15 Å². The lowest BCUT2D eigenvalue weighted by molar-refractivity contribution is 0.0938. The lowest BCUT2D eigenvalue weighted by Crippen LogP contribution is -2.09. The van der Waals surface area contributed by atoms with Crippen LogP contribution in [0.2, 0.25) is 5.02 Å². The SMILES string of the molecule is COc1ccc(-c2ccc(C(=O)n3cc(C#N)c4ccccc43)o2)cc1Cl. The summed E-state index contributed by atoms with van der Waals surface area (Å²) >= 11 is 6.16. The average molecular weight is 377 g/mol. The molecule has 27 heavy (non-hydrogen) atoms. The number of carbonyl (C=O) groups excluding carboxylic acids is 1. The summed E-state index contributed by atoms with van der Waals surface area (Å²) in [5.74, 6) is 0.895. The molecule has 0 atom stereocenters. The molecular formula is C21H13ClN2O3. The highest BCUT2D eigenvalue weighted by molar-refractivity contribution is 6.32. The first kappa shape index (κ1) is 17.0. The van der Waals surface area contributed by atoms with Gasteiger partial charge in [-0.15, -0.1) is 0 Å². The summed E-state index contributed by atoms with van der Waals surface area (Å²) < 4.78 is 12.3. The summed E-state index contributed by atoms with van der Waals surface area (Å²) in [7, 11) is 1.54.